The monoisotopic (exact) mass is 289 g/mol. The van der Waals surface area contributed by atoms with E-state index in [2.05, 4.69) is 71.6 Å². The molecule has 0 N–H and O–H groups in total. The average molecular weight is 289 g/mol. The number of nitrogens with zero attached hydrogens (tertiary/aromatic N) is 1. The lowest BCUT2D eigenvalue weighted by Gasteiger charge is -2.28. The molecule has 0 saturated carbocycles. The Morgan fingerprint density at radius 3 is 2.14 bits per heavy atom. The van der Waals surface area contributed by atoms with E-state index in [4.69, 9.17) is 4.74 Å². The molecule has 110 valence electrons. The lowest BCUT2D eigenvalue weighted by Crippen LogP contribution is -2.36. The van der Waals surface area contributed by atoms with Crippen molar-refractivity contribution in [1.29, 1.82) is 0 Å². The third-order valence-electron chi connectivity index (χ3n) is 4.33. The normalized spacial score (nSPS) is 15.2. The quantitative estimate of drug-likeness (QED) is 0.695. The first-order valence-corrected chi connectivity index (χ1v) is 7.82. The van der Waals surface area contributed by atoms with E-state index in [1.54, 1.807) is 0 Å². The molecule has 3 aromatic carbocycles. The van der Waals surface area contributed by atoms with Crippen LogP contribution in [0.3, 0.4) is 0 Å². The second-order valence-corrected chi connectivity index (χ2v) is 5.71. The van der Waals surface area contributed by atoms with E-state index in [1.807, 2.05) is 0 Å². The fraction of sp³-hybridized carbons (Fsp3) is 0.200. The van der Waals surface area contributed by atoms with Gasteiger partial charge in [0.05, 0.1) is 13.2 Å². The van der Waals surface area contributed by atoms with Crippen molar-refractivity contribution in [3.05, 3.63) is 66.7 Å². The van der Waals surface area contributed by atoms with Crippen molar-refractivity contribution in [2.45, 2.75) is 0 Å². The summed E-state index contributed by atoms with van der Waals surface area (Å²) in [5, 5.41) is 2.58. The van der Waals surface area contributed by atoms with E-state index < -0.39 is 0 Å². The van der Waals surface area contributed by atoms with Crippen LogP contribution in [0.15, 0.2) is 66.7 Å². The molecule has 1 heterocycles. The van der Waals surface area contributed by atoms with Crippen LogP contribution in [0.5, 0.6) is 0 Å². The summed E-state index contributed by atoms with van der Waals surface area (Å²) in [6.07, 6.45) is 0. The van der Waals surface area contributed by atoms with Gasteiger partial charge in [0.1, 0.15) is 0 Å². The minimum Gasteiger partial charge on any atom is -0.378 e. The Labute approximate surface area is 130 Å². The largest absolute Gasteiger partial charge is 0.378 e. The Kier molecular flexibility index (Phi) is 3.53. The maximum atomic E-state index is 5.41. The van der Waals surface area contributed by atoms with Gasteiger partial charge in [0.2, 0.25) is 0 Å². The van der Waals surface area contributed by atoms with Gasteiger partial charge in [-0.05, 0) is 40.1 Å². The lowest BCUT2D eigenvalue weighted by atomic mass is 10.0. The van der Waals surface area contributed by atoms with E-state index >= 15 is 0 Å². The standard InChI is InChI=1S/C20H19NO/c1-2-4-18-15-19(6-5-16(18)3-1)17-7-9-20(10-8-17)21-11-13-22-14-12-21/h1-10,15H,11-14H2. The summed E-state index contributed by atoms with van der Waals surface area (Å²) in [7, 11) is 0. The molecule has 0 amide bonds. The van der Waals surface area contributed by atoms with Gasteiger partial charge in [-0.2, -0.15) is 0 Å². The number of morpholine rings is 1. The number of fused-ring (bicyclic) bond motifs is 1. The van der Waals surface area contributed by atoms with Gasteiger partial charge >= 0.3 is 0 Å². The van der Waals surface area contributed by atoms with Gasteiger partial charge in [-0.25, -0.2) is 0 Å². The molecule has 0 aliphatic carbocycles. The van der Waals surface area contributed by atoms with Gasteiger partial charge in [0.25, 0.3) is 0 Å². The Morgan fingerprint density at radius 1 is 0.682 bits per heavy atom. The van der Waals surface area contributed by atoms with Crippen LogP contribution in [0, 0.1) is 0 Å². The molecule has 0 spiro atoms. The molecule has 0 aromatic heterocycles. The van der Waals surface area contributed by atoms with Crippen LogP contribution in [0.1, 0.15) is 0 Å². The maximum absolute atomic E-state index is 5.41. The third kappa shape index (κ3) is 2.58. The van der Waals surface area contributed by atoms with Crippen LogP contribution in [0.4, 0.5) is 5.69 Å². The van der Waals surface area contributed by atoms with E-state index in [9.17, 15) is 0 Å². The van der Waals surface area contributed by atoms with E-state index in [-0.39, 0.29) is 0 Å². The zero-order valence-corrected chi connectivity index (χ0v) is 12.5. The molecule has 0 bridgehead atoms. The highest BCUT2D eigenvalue weighted by atomic mass is 16.5. The van der Waals surface area contributed by atoms with Crippen LogP contribution in [0.25, 0.3) is 21.9 Å². The molecular weight excluding hydrogens is 270 g/mol. The summed E-state index contributed by atoms with van der Waals surface area (Å²) in [5.74, 6) is 0. The van der Waals surface area contributed by atoms with Crippen LogP contribution >= 0.6 is 0 Å². The Balaban J connectivity index is 1.63. The highest BCUT2D eigenvalue weighted by Crippen LogP contribution is 2.26. The van der Waals surface area contributed by atoms with Gasteiger partial charge in [0.15, 0.2) is 0 Å². The zero-order chi connectivity index (χ0) is 14.8. The smallest absolute Gasteiger partial charge is 0.0642 e. The van der Waals surface area contributed by atoms with Crippen molar-refractivity contribution < 1.29 is 4.74 Å². The molecule has 1 fully saturated rings. The SMILES string of the molecule is c1ccc2cc(-c3ccc(N4CCOCC4)cc3)ccc2c1. The topological polar surface area (TPSA) is 12.5 Å². The molecule has 3 aromatic rings. The predicted octanol–water partition coefficient (Wildman–Crippen LogP) is 4.34. The summed E-state index contributed by atoms with van der Waals surface area (Å²) in [4.78, 5) is 2.38. The second kappa shape index (κ2) is 5.82. The van der Waals surface area contributed by atoms with Crippen LogP contribution < -0.4 is 4.90 Å². The second-order valence-electron chi connectivity index (χ2n) is 5.71. The number of hydrogen-bond acceptors (Lipinski definition) is 2. The maximum Gasteiger partial charge on any atom is 0.0642 e. The molecule has 0 unspecified atom stereocenters. The molecular formula is C20H19NO. The fourth-order valence-corrected chi connectivity index (χ4v) is 3.06. The molecule has 22 heavy (non-hydrogen) atoms. The number of ether oxygens (including phenoxy) is 1. The predicted molar refractivity (Wildman–Crippen MR) is 92.4 cm³/mol. The number of rotatable bonds is 2. The van der Waals surface area contributed by atoms with Gasteiger partial charge in [-0.15, -0.1) is 0 Å². The summed E-state index contributed by atoms with van der Waals surface area (Å²) < 4.78 is 5.41. The first-order valence-electron chi connectivity index (χ1n) is 7.82. The minimum atomic E-state index is 0.826. The molecule has 1 aliphatic heterocycles. The van der Waals surface area contributed by atoms with Crippen LogP contribution in [-0.4, -0.2) is 26.3 Å². The van der Waals surface area contributed by atoms with Gasteiger partial charge in [0, 0.05) is 18.8 Å². The highest BCUT2D eigenvalue weighted by molar-refractivity contribution is 5.87. The Morgan fingerprint density at radius 2 is 1.36 bits per heavy atom. The van der Waals surface area contributed by atoms with Crippen LogP contribution in [0.2, 0.25) is 0 Å². The highest BCUT2D eigenvalue weighted by Gasteiger charge is 2.11. The first-order chi connectivity index (χ1) is 10.9. The molecule has 0 atom stereocenters. The van der Waals surface area contributed by atoms with E-state index in [0.717, 1.165) is 26.3 Å². The van der Waals surface area contributed by atoms with E-state index in [0.29, 0.717) is 0 Å². The lowest BCUT2D eigenvalue weighted by molar-refractivity contribution is 0.122. The van der Waals surface area contributed by atoms with Crippen molar-refractivity contribution in [3.63, 3.8) is 0 Å². The fourth-order valence-electron chi connectivity index (χ4n) is 3.06. The molecule has 1 aliphatic rings. The molecule has 1 saturated heterocycles. The van der Waals surface area contributed by atoms with Gasteiger partial charge < -0.3 is 9.64 Å². The number of anilines is 1. The van der Waals surface area contributed by atoms with Crippen molar-refractivity contribution >= 4 is 16.5 Å². The summed E-state index contributed by atoms with van der Waals surface area (Å²) in [6.45, 7) is 3.61. The molecule has 0 radical (unpaired) electrons. The van der Waals surface area contributed by atoms with Crippen LogP contribution in [-0.2, 0) is 4.74 Å². The van der Waals surface area contributed by atoms with Crippen molar-refractivity contribution in [2.24, 2.45) is 0 Å². The van der Waals surface area contributed by atoms with Crippen molar-refractivity contribution in [3.8, 4) is 11.1 Å². The molecule has 2 nitrogen and oxygen atoms in total. The summed E-state index contributed by atoms with van der Waals surface area (Å²) >= 11 is 0. The Bertz CT molecular complexity index is 773. The number of benzene rings is 3. The minimum absolute atomic E-state index is 0.826. The molecule has 2 heteroatoms. The van der Waals surface area contributed by atoms with Gasteiger partial charge in [-0.1, -0.05) is 48.5 Å². The van der Waals surface area contributed by atoms with Crippen molar-refractivity contribution in [1.82, 2.24) is 0 Å². The number of hydrogen-bond donors (Lipinski definition) is 0. The summed E-state index contributed by atoms with van der Waals surface area (Å²) in [5.41, 5.74) is 3.82. The zero-order valence-electron chi connectivity index (χ0n) is 12.5. The molecule has 4 rings (SSSR count). The average Bonchev–Trinajstić information content (AvgIpc) is 2.62. The van der Waals surface area contributed by atoms with Crippen molar-refractivity contribution in [2.75, 3.05) is 31.2 Å². The summed E-state index contributed by atoms with van der Waals surface area (Å²) in [6, 6.07) is 24.0. The van der Waals surface area contributed by atoms with Gasteiger partial charge in [-0.3, -0.25) is 0 Å². The third-order valence-corrected chi connectivity index (χ3v) is 4.33. The first kappa shape index (κ1) is 13.4. The Hall–Kier alpha value is -2.32. The van der Waals surface area contributed by atoms with E-state index in [1.165, 1.54) is 27.6 Å².